The molecule has 0 bridgehead atoms. The lowest BCUT2D eigenvalue weighted by Crippen LogP contribution is -2.36. The SMILES string of the molecule is Fc1cccnc1-c1nc(C2(c3ccncc3)CCC2)no1. The first-order valence-electron chi connectivity index (χ1n) is 7.15. The second-order valence-electron chi connectivity index (χ2n) is 5.43. The van der Waals surface area contributed by atoms with Crippen molar-refractivity contribution in [2.24, 2.45) is 0 Å². The lowest BCUT2D eigenvalue weighted by molar-refractivity contribution is 0.272. The molecule has 0 spiro atoms. The Balaban J connectivity index is 1.76. The normalized spacial score (nSPS) is 16.2. The number of hydrogen-bond acceptors (Lipinski definition) is 5. The highest BCUT2D eigenvalue weighted by Gasteiger charge is 2.44. The van der Waals surface area contributed by atoms with Gasteiger partial charge in [0.15, 0.2) is 17.3 Å². The van der Waals surface area contributed by atoms with Crippen LogP contribution in [0.1, 0.15) is 30.7 Å². The van der Waals surface area contributed by atoms with Gasteiger partial charge in [0.2, 0.25) is 0 Å². The van der Waals surface area contributed by atoms with E-state index in [1.54, 1.807) is 12.4 Å². The van der Waals surface area contributed by atoms with Gasteiger partial charge in [-0.15, -0.1) is 0 Å². The molecule has 6 heteroatoms. The van der Waals surface area contributed by atoms with Crippen LogP contribution in [0.3, 0.4) is 0 Å². The summed E-state index contributed by atoms with van der Waals surface area (Å²) in [6.45, 7) is 0. The minimum absolute atomic E-state index is 0.0884. The smallest absolute Gasteiger partial charge is 0.279 e. The zero-order valence-corrected chi connectivity index (χ0v) is 11.7. The lowest BCUT2D eigenvalue weighted by atomic mass is 9.64. The summed E-state index contributed by atoms with van der Waals surface area (Å²) in [7, 11) is 0. The fourth-order valence-electron chi connectivity index (χ4n) is 2.90. The molecule has 0 unspecified atom stereocenters. The van der Waals surface area contributed by atoms with Crippen LogP contribution in [0.4, 0.5) is 4.39 Å². The average Bonchev–Trinajstić information content (AvgIpc) is 2.98. The van der Waals surface area contributed by atoms with Crippen molar-refractivity contribution >= 4 is 0 Å². The predicted molar refractivity (Wildman–Crippen MR) is 76.4 cm³/mol. The summed E-state index contributed by atoms with van der Waals surface area (Å²) in [5.74, 6) is 0.239. The molecular formula is C16H13FN4O. The van der Waals surface area contributed by atoms with Gasteiger partial charge in [0.05, 0.1) is 5.41 Å². The third kappa shape index (κ3) is 1.91. The minimum atomic E-state index is -0.468. The molecule has 1 aliphatic rings. The van der Waals surface area contributed by atoms with Gasteiger partial charge in [-0.25, -0.2) is 9.37 Å². The van der Waals surface area contributed by atoms with Crippen molar-refractivity contribution in [3.8, 4) is 11.6 Å². The van der Waals surface area contributed by atoms with Crippen molar-refractivity contribution < 1.29 is 8.91 Å². The van der Waals surface area contributed by atoms with Crippen LogP contribution in [-0.4, -0.2) is 20.1 Å². The van der Waals surface area contributed by atoms with Gasteiger partial charge in [0.1, 0.15) is 0 Å². The van der Waals surface area contributed by atoms with Crippen LogP contribution in [0, 0.1) is 5.82 Å². The summed E-state index contributed by atoms with van der Waals surface area (Å²) < 4.78 is 19.1. The molecule has 1 fully saturated rings. The van der Waals surface area contributed by atoms with E-state index in [4.69, 9.17) is 4.52 Å². The number of pyridine rings is 2. The van der Waals surface area contributed by atoms with Crippen LogP contribution in [0.15, 0.2) is 47.4 Å². The monoisotopic (exact) mass is 296 g/mol. The first-order valence-corrected chi connectivity index (χ1v) is 7.15. The number of rotatable bonds is 3. The maximum Gasteiger partial charge on any atom is 0.279 e. The molecule has 0 amide bonds. The van der Waals surface area contributed by atoms with Gasteiger partial charge in [-0.1, -0.05) is 11.6 Å². The van der Waals surface area contributed by atoms with Gasteiger partial charge >= 0.3 is 0 Å². The Morgan fingerprint density at radius 2 is 1.91 bits per heavy atom. The second-order valence-corrected chi connectivity index (χ2v) is 5.43. The van der Waals surface area contributed by atoms with Gasteiger partial charge in [-0.05, 0) is 42.7 Å². The van der Waals surface area contributed by atoms with E-state index in [-0.39, 0.29) is 17.0 Å². The van der Waals surface area contributed by atoms with E-state index in [9.17, 15) is 4.39 Å². The van der Waals surface area contributed by atoms with Gasteiger partial charge in [-0.3, -0.25) is 4.98 Å². The van der Waals surface area contributed by atoms with Crippen molar-refractivity contribution in [3.63, 3.8) is 0 Å². The maximum atomic E-state index is 13.8. The largest absolute Gasteiger partial charge is 0.332 e. The quantitative estimate of drug-likeness (QED) is 0.743. The number of halogens is 1. The molecule has 0 aliphatic heterocycles. The van der Waals surface area contributed by atoms with Crippen LogP contribution in [-0.2, 0) is 5.41 Å². The van der Waals surface area contributed by atoms with E-state index in [2.05, 4.69) is 20.1 Å². The van der Waals surface area contributed by atoms with Gasteiger partial charge in [0.25, 0.3) is 5.89 Å². The molecule has 5 nitrogen and oxygen atoms in total. The van der Waals surface area contributed by atoms with E-state index >= 15 is 0 Å². The van der Waals surface area contributed by atoms with Crippen molar-refractivity contribution in [1.82, 2.24) is 20.1 Å². The molecule has 0 atom stereocenters. The maximum absolute atomic E-state index is 13.8. The van der Waals surface area contributed by atoms with Crippen molar-refractivity contribution in [2.75, 3.05) is 0 Å². The van der Waals surface area contributed by atoms with Crippen LogP contribution < -0.4 is 0 Å². The van der Waals surface area contributed by atoms with E-state index in [1.807, 2.05) is 12.1 Å². The van der Waals surface area contributed by atoms with Gasteiger partial charge in [-0.2, -0.15) is 4.98 Å². The minimum Gasteiger partial charge on any atom is -0.332 e. The van der Waals surface area contributed by atoms with Crippen molar-refractivity contribution in [2.45, 2.75) is 24.7 Å². The van der Waals surface area contributed by atoms with Crippen LogP contribution >= 0.6 is 0 Å². The molecule has 0 N–H and O–H groups in total. The summed E-state index contributed by atoms with van der Waals surface area (Å²) in [4.78, 5) is 12.4. The van der Waals surface area contributed by atoms with E-state index in [1.165, 1.54) is 18.3 Å². The van der Waals surface area contributed by atoms with Crippen LogP contribution in [0.2, 0.25) is 0 Å². The van der Waals surface area contributed by atoms with Crippen molar-refractivity contribution in [1.29, 1.82) is 0 Å². The second kappa shape index (κ2) is 4.98. The molecule has 3 heterocycles. The molecular weight excluding hydrogens is 283 g/mol. The molecule has 0 aromatic carbocycles. The zero-order chi connectivity index (χ0) is 15.0. The van der Waals surface area contributed by atoms with Gasteiger partial charge < -0.3 is 4.52 Å². The standard InChI is InChI=1S/C16H13FN4O/c17-12-3-1-8-19-13(12)14-20-15(21-22-14)16(6-2-7-16)11-4-9-18-10-5-11/h1,3-5,8-10H,2,6-7H2. The topological polar surface area (TPSA) is 64.7 Å². The molecule has 0 radical (unpaired) electrons. The van der Waals surface area contributed by atoms with Gasteiger partial charge in [0, 0.05) is 18.6 Å². The highest BCUT2D eigenvalue weighted by atomic mass is 19.1. The Morgan fingerprint density at radius 3 is 2.59 bits per heavy atom. The first kappa shape index (κ1) is 13.1. The fourth-order valence-corrected chi connectivity index (χ4v) is 2.90. The number of nitrogens with zero attached hydrogens (tertiary/aromatic N) is 4. The van der Waals surface area contributed by atoms with Crippen molar-refractivity contribution in [3.05, 3.63) is 60.1 Å². The Hall–Kier alpha value is -2.63. The third-order valence-corrected chi connectivity index (χ3v) is 4.26. The lowest BCUT2D eigenvalue weighted by Gasteiger charge is -2.39. The highest BCUT2D eigenvalue weighted by Crippen LogP contribution is 2.47. The Kier molecular flexibility index (Phi) is 2.96. The fraction of sp³-hybridized carbons (Fsp3) is 0.250. The summed E-state index contributed by atoms with van der Waals surface area (Å²) in [6.07, 6.45) is 8.01. The third-order valence-electron chi connectivity index (χ3n) is 4.26. The molecule has 3 aromatic heterocycles. The highest BCUT2D eigenvalue weighted by molar-refractivity contribution is 5.48. The summed E-state index contributed by atoms with van der Waals surface area (Å²) in [5, 5.41) is 4.09. The zero-order valence-electron chi connectivity index (χ0n) is 11.7. The Labute approximate surface area is 126 Å². The Bertz CT molecular complexity index is 799. The molecule has 22 heavy (non-hydrogen) atoms. The van der Waals surface area contributed by atoms with E-state index in [0.29, 0.717) is 5.82 Å². The number of hydrogen-bond donors (Lipinski definition) is 0. The number of aromatic nitrogens is 4. The summed E-state index contributed by atoms with van der Waals surface area (Å²) >= 11 is 0. The molecule has 3 aromatic rings. The first-order chi connectivity index (χ1) is 10.8. The predicted octanol–water partition coefficient (Wildman–Crippen LogP) is 3.14. The molecule has 1 saturated carbocycles. The molecule has 1 aliphatic carbocycles. The van der Waals surface area contributed by atoms with E-state index < -0.39 is 5.82 Å². The van der Waals surface area contributed by atoms with Crippen LogP contribution in [0.5, 0.6) is 0 Å². The molecule has 4 rings (SSSR count). The summed E-state index contributed by atoms with van der Waals surface area (Å²) in [6, 6.07) is 6.79. The van der Waals surface area contributed by atoms with E-state index in [0.717, 1.165) is 24.8 Å². The molecule has 110 valence electrons. The Morgan fingerprint density at radius 1 is 1.09 bits per heavy atom. The summed E-state index contributed by atoms with van der Waals surface area (Å²) in [5.41, 5.74) is 0.948. The molecule has 0 saturated heterocycles. The van der Waals surface area contributed by atoms with Crippen LogP contribution in [0.25, 0.3) is 11.6 Å². The average molecular weight is 296 g/mol.